The zero-order chi connectivity index (χ0) is 19.8. The highest BCUT2D eigenvalue weighted by atomic mass is 32.2. The molecule has 2 rings (SSSR count). The lowest BCUT2D eigenvalue weighted by molar-refractivity contribution is -0.144. The number of thioether (sulfide) groups is 1. The van der Waals surface area contributed by atoms with Gasteiger partial charge in [-0.05, 0) is 26.0 Å². The number of para-hydroxylation sites is 1. The molecule has 0 spiro atoms. The number of hydrogen-bond acceptors (Lipinski definition) is 8. The van der Waals surface area contributed by atoms with Crippen LogP contribution in [0.2, 0.25) is 0 Å². The minimum Gasteiger partial charge on any atom is -0.465 e. The van der Waals surface area contributed by atoms with E-state index in [0.29, 0.717) is 5.75 Å². The zero-order valence-corrected chi connectivity index (χ0v) is 16.1. The van der Waals surface area contributed by atoms with Crippen molar-refractivity contribution in [2.24, 2.45) is 0 Å². The number of anilines is 1. The Morgan fingerprint density at radius 1 is 1.22 bits per heavy atom. The van der Waals surface area contributed by atoms with Gasteiger partial charge in [-0.1, -0.05) is 17.3 Å². The average molecular weight is 392 g/mol. The van der Waals surface area contributed by atoms with Crippen LogP contribution in [0.4, 0.5) is 5.69 Å². The number of benzene rings is 1. The minimum absolute atomic E-state index is 0.0933. The zero-order valence-electron chi connectivity index (χ0n) is 15.2. The van der Waals surface area contributed by atoms with Gasteiger partial charge in [0.1, 0.15) is 5.76 Å². The summed E-state index contributed by atoms with van der Waals surface area (Å²) >= 11 is 1.34. The molecule has 0 unspecified atom stereocenters. The van der Waals surface area contributed by atoms with Gasteiger partial charge in [0.05, 0.1) is 29.8 Å². The average Bonchev–Trinajstić information content (AvgIpc) is 2.98. The Kier molecular flexibility index (Phi) is 7.42. The quantitative estimate of drug-likeness (QED) is 0.683. The van der Waals surface area contributed by atoms with E-state index in [1.54, 1.807) is 18.2 Å². The lowest BCUT2D eigenvalue weighted by atomic mass is 10.2. The molecule has 27 heavy (non-hydrogen) atoms. The van der Waals surface area contributed by atoms with E-state index in [0.717, 1.165) is 17.0 Å². The molecule has 144 valence electrons. The van der Waals surface area contributed by atoms with E-state index in [1.165, 1.54) is 24.9 Å². The maximum Gasteiger partial charge on any atom is 0.339 e. The molecule has 8 nitrogen and oxygen atoms in total. The molecule has 1 N–H and O–H groups in total. The van der Waals surface area contributed by atoms with E-state index in [-0.39, 0.29) is 17.0 Å². The van der Waals surface area contributed by atoms with Crippen molar-refractivity contribution < 1.29 is 28.4 Å². The fourth-order valence-electron chi connectivity index (χ4n) is 2.20. The maximum atomic E-state index is 12.0. The largest absolute Gasteiger partial charge is 0.465 e. The summed E-state index contributed by atoms with van der Waals surface area (Å²) in [6.45, 7) is 3.20. The van der Waals surface area contributed by atoms with Gasteiger partial charge in [-0.3, -0.25) is 9.59 Å². The van der Waals surface area contributed by atoms with Crippen molar-refractivity contribution in [3.05, 3.63) is 46.8 Å². The predicted molar refractivity (Wildman–Crippen MR) is 99.5 cm³/mol. The number of aromatic nitrogens is 1. The van der Waals surface area contributed by atoms with Crippen LogP contribution >= 0.6 is 11.8 Å². The Balaban J connectivity index is 1.77. The van der Waals surface area contributed by atoms with Gasteiger partial charge in [0.2, 0.25) is 0 Å². The highest BCUT2D eigenvalue weighted by molar-refractivity contribution is 7.99. The first-order valence-corrected chi connectivity index (χ1v) is 9.20. The molecule has 0 saturated heterocycles. The van der Waals surface area contributed by atoms with E-state index in [4.69, 9.17) is 9.26 Å². The fraction of sp³-hybridized carbons (Fsp3) is 0.333. The lowest BCUT2D eigenvalue weighted by Gasteiger charge is -2.10. The molecular formula is C18H20N2O6S. The first-order valence-electron chi connectivity index (χ1n) is 8.04. The van der Waals surface area contributed by atoms with Crippen LogP contribution in [0.3, 0.4) is 0 Å². The Bertz CT molecular complexity index is 814. The molecule has 2 aromatic rings. The highest BCUT2D eigenvalue weighted by Crippen LogP contribution is 2.19. The number of aryl methyl sites for hydroxylation is 2. The van der Waals surface area contributed by atoms with Crippen molar-refractivity contribution >= 4 is 35.3 Å². The molecule has 0 aliphatic carbocycles. The van der Waals surface area contributed by atoms with Crippen molar-refractivity contribution in [3.63, 3.8) is 0 Å². The second-order valence-electron chi connectivity index (χ2n) is 5.54. The van der Waals surface area contributed by atoms with Crippen LogP contribution in [0.15, 0.2) is 28.8 Å². The monoisotopic (exact) mass is 392 g/mol. The van der Waals surface area contributed by atoms with Gasteiger partial charge >= 0.3 is 11.9 Å². The SMILES string of the molecule is COC(=O)c1ccccc1NC(=O)COC(=O)CSCc1c(C)noc1C. The van der Waals surface area contributed by atoms with Gasteiger partial charge in [0.15, 0.2) is 6.61 Å². The maximum absolute atomic E-state index is 12.0. The molecule has 0 radical (unpaired) electrons. The number of rotatable bonds is 8. The van der Waals surface area contributed by atoms with E-state index in [2.05, 4.69) is 15.2 Å². The summed E-state index contributed by atoms with van der Waals surface area (Å²) in [6.07, 6.45) is 0. The predicted octanol–water partition coefficient (Wildman–Crippen LogP) is 2.49. The third kappa shape index (κ3) is 5.85. The molecule has 0 saturated carbocycles. The lowest BCUT2D eigenvalue weighted by Crippen LogP contribution is -2.22. The third-order valence-corrected chi connectivity index (χ3v) is 4.55. The van der Waals surface area contributed by atoms with Gasteiger partial charge in [0.25, 0.3) is 5.91 Å². The standard InChI is InChI=1S/C18H20N2O6S/c1-11-14(12(2)26-20-11)9-27-10-17(22)25-8-16(21)19-15-7-5-4-6-13(15)18(23)24-3/h4-7H,8-10H2,1-3H3,(H,19,21). The number of esters is 2. The molecule has 0 fully saturated rings. The first kappa shape index (κ1) is 20.5. The van der Waals surface area contributed by atoms with E-state index in [9.17, 15) is 14.4 Å². The third-order valence-electron chi connectivity index (χ3n) is 3.62. The first-order chi connectivity index (χ1) is 12.9. The normalized spacial score (nSPS) is 10.3. The molecule has 1 aromatic carbocycles. The summed E-state index contributed by atoms with van der Waals surface area (Å²) in [5.74, 6) is -0.250. The van der Waals surface area contributed by atoms with Crippen molar-refractivity contribution in [3.8, 4) is 0 Å². The molecule has 0 atom stereocenters. The number of nitrogens with zero attached hydrogens (tertiary/aromatic N) is 1. The number of carbonyl (C=O) groups excluding carboxylic acids is 3. The summed E-state index contributed by atoms with van der Waals surface area (Å²) in [4.78, 5) is 35.4. The fourth-order valence-corrected chi connectivity index (χ4v) is 3.17. The van der Waals surface area contributed by atoms with Gasteiger partial charge in [-0.2, -0.15) is 0 Å². The van der Waals surface area contributed by atoms with Gasteiger partial charge in [0, 0.05) is 11.3 Å². The van der Waals surface area contributed by atoms with Gasteiger partial charge in [-0.15, -0.1) is 11.8 Å². The molecule has 0 aliphatic rings. The van der Waals surface area contributed by atoms with Crippen LogP contribution in [0, 0.1) is 13.8 Å². The number of carbonyl (C=O) groups is 3. The van der Waals surface area contributed by atoms with Crippen molar-refractivity contribution in [2.45, 2.75) is 19.6 Å². The Labute approximate surface area is 160 Å². The molecule has 1 amide bonds. The van der Waals surface area contributed by atoms with Crippen molar-refractivity contribution in [2.75, 3.05) is 24.8 Å². The number of ether oxygens (including phenoxy) is 2. The van der Waals surface area contributed by atoms with E-state index >= 15 is 0 Å². The van der Waals surface area contributed by atoms with Crippen molar-refractivity contribution in [1.82, 2.24) is 5.16 Å². The van der Waals surface area contributed by atoms with Crippen LogP contribution in [-0.4, -0.2) is 42.5 Å². The number of nitrogens with one attached hydrogen (secondary N) is 1. The Morgan fingerprint density at radius 2 is 1.96 bits per heavy atom. The van der Waals surface area contributed by atoms with Crippen molar-refractivity contribution in [1.29, 1.82) is 0 Å². The van der Waals surface area contributed by atoms with Gasteiger partial charge < -0.3 is 19.3 Å². The van der Waals surface area contributed by atoms with E-state index < -0.39 is 24.5 Å². The Hall–Kier alpha value is -2.81. The Morgan fingerprint density at radius 3 is 2.63 bits per heavy atom. The number of amides is 1. The molecule has 0 aliphatic heterocycles. The van der Waals surface area contributed by atoms with Crippen LogP contribution < -0.4 is 5.32 Å². The molecule has 9 heteroatoms. The molecular weight excluding hydrogens is 372 g/mol. The van der Waals surface area contributed by atoms with Crippen LogP contribution in [0.1, 0.15) is 27.4 Å². The van der Waals surface area contributed by atoms with Crippen LogP contribution in [0.25, 0.3) is 0 Å². The summed E-state index contributed by atoms with van der Waals surface area (Å²) in [5, 5.41) is 6.38. The summed E-state index contributed by atoms with van der Waals surface area (Å²) in [7, 11) is 1.25. The number of hydrogen-bond donors (Lipinski definition) is 1. The smallest absolute Gasteiger partial charge is 0.339 e. The molecule has 1 aromatic heterocycles. The summed E-state index contributed by atoms with van der Waals surface area (Å²) < 4.78 is 14.7. The molecule has 0 bridgehead atoms. The second-order valence-corrected chi connectivity index (χ2v) is 6.53. The minimum atomic E-state index is -0.571. The summed E-state index contributed by atoms with van der Waals surface area (Å²) in [6, 6.07) is 6.40. The van der Waals surface area contributed by atoms with Gasteiger partial charge in [-0.25, -0.2) is 4.79 Å². The van der Waals surface area contributed by atoms with Crippen LogP contribution in [-0.2, 0) is 24.8 Å². The number of methoxy groups -OCH3 is 1. The van der Waals surface area contributed by atoms with E-state index in [1.807, 2.05) is 13.8 Å². The second kappa shape index (κ2) is 9.77. The topological polar surface area (TPSA) is 108 Å². The highest BCUT2D eigenvalue weighted by Gasteiger charge is 2.15. The van der Waals surface area contributed by atoms with Crippen LogP contribution in [0.5, 0.6) is 0 Å². The summed E-state index contributed by atoms with van der Waals surface area (Å²) in [5.41, 5.74) is 2.25. The molecule has 1 heterocycles.